The minimum Gasteiger partial charge on any atom is -0.609 e. The van der Waals surface area contributed by atoms with Crippen LogP contribution in [0.4, 0.5) is 42.6 Å². The topological polar surface area (TPSA) is 126 Å². The van der Waals surface area contributed by atoms with E-state index in [-0.39, 0.29) is 62.2 Å². The van der Waals surface area contributed by atoms with Gasteiger partial charge in [0.05, 0.1) is 47.0 Å². The summed E-state index contributed by atoms with van der Waals surface area (Å²) in [5, 5.41) is 8.70. The van der Waals surface area contributed by atoms with Gasteiger partial charge in [-0.15, -0.1) is 0 Å². The van der Waals surface area contributed by atoms with E-state index in [1.807, 2.05) is 6.07 Å². The molecule has 2 atom stereocenters. The molecule has 1 fully saturated rings. The number of carbonyl (C=O) groups excluding carboxylic acids is 2. The molecule has 1 unspecified atom stereocenters. The monoisotopic (exact) mass is 638 g/mol. The van der Waals surface area contributed by atoms with Crippen molar-refractivity contribution in [2.45, 2.75) is 42.9 Å². The van der Waals surface area contributed by atoms with Crippen LogP contribution >= 0.6 is 11.6 Å². The van der Waals surface area contributed by atoms with Gasteiger partial charge in [-0.3, -0.25) is 0 Å². The number of nitrogens with zero attached hydrogens (tertiary/aromatic N) is 6. The van der Waals surface area contributed by atoms with Gasteiger partial charge in [0.25, 0.3) is 0 Å². The van der Waals surface area contributed by atoms with E-state index in [1.54, 1.807) is 4.90 Å². The van der Waals surface area contributed by atoms with E-state index in [1.165, 1.54) is 23.3 Å². The van der Waals surface area contributed by atoms with Crippen LogP contribution < -0.4 is 9.80 Å². The third-order valence-electron chi connectivity index (χ3n) is 6.65. The minimum absolute atomic E-state index is 0.0211. The molecule has 0 bridgehead atoms. The number of nitriles is 1. The average molecular weight is 639 g/mol. The molecule has 18 heteroatoms. The van der Waals surface area contributed by atoms with Gasteiger partial charge < -0.3 is 24.0 Å². The third kappa shape index (κ3) is 6.60. The van der Waals surface area contributed by atoms with Crippen molar-refractivity contribution in [3.05, 3.63) is 40.0 Å². The van der Waals surface area contributed by atoms with Crippen LogP contribution in [0.3, 0.4) is 0 Å². The standard InChI is InChI=1S/C24H21ClF6N6O4S/c1-42(40)21-33-16-12-35(17-4-2-3-15(25)18(17)23(26,27)28)8-6-14(16)19(34-21)36-9-10-37(13(11-36)5-7-32)22(39)41-20(38)24(29,30)31/h2-4,13H,5-6,8-12H2,1H3/t13-,42?/m0/s1. The number of anilines is 2. The lowest BCUT2D eigenvalue weighted by Crippen LogP contribution is -2.56. The number of rotatable bonds is 4. The highest BCUT2D eigenvalue weighted by atomic mass is 35.5. The second-order valence-corrected chi connectivity index (χ2v) is 11.0. The van der Waals surface area contributed by atoms with Crippen molar-refractivity contribution < 1.29 is 45.2 Å². The molecule has 2 aliphatic rings. The molecular weight excluding hydrogens is 618 g/mol. The Morgan fingerprint density at radius 3 is 2.50 bits per heavy atom. The van der Waals surface area contributed by atoms with Gasteiger partial charge in [-0.2, -0.15) is 41.6 Å². The Kier molecular flexibility index (Phi) is 9.00. The fourth-order valence-electron chi connectivity index (χ4n) is 4.81. The van der Waals surface area contributed by atoms with Crippen molar-refractivity contribution in [1.82, 2.24) is 14.9 Å². The number of esters is 1. The van der Waals surface area contributed by atoms with E-state index in [4.69, 9.17) is 11.6 Å². The largest absolute Gasteiger partial charge is 0.609 e. The summed E-state index contributed by atoms with van der Waals surface area (Å²) < 4.78 is 95.6. The maximum absolute atomic E-state index is 13.8. The van der Waals surface area contributed by atoms with Crippen LogP contribution in [0.25, 0.3) is 0 Å². The van der Waals surface area contributed by atoms with E-state index >= 15 is 0 Å². The first kappa shape index (κ1) is 31.4. The number of benzene rings is 1. The van der Waals surface area contributed by atoms with Crippen molar-refractivity contribution in [2.75, 3.05) is 42.2 Å². The number of halogens is 7. The van der Waals surface area contributed by atoms with Gasteiger partial charge in [-0.1, -0.05) is 17.7 Å². The summed E-state index contributed by atoms with van der Waals surface area (Å²) >= 11 is 4.19. The smallest absolute Gasteiger partial charge is 0.491 e. The molecule has 1 aromatic carbocycles. The third-order valence-corrected chi connectivity index (χ3v) is 7.66. The Hall–Kier alpha value is -3.49. The van der Waals surface area contributed by atoms with Crippen LogP contribution in [0, 0.1) is 11.3 Å². The molecule has 1 aromatic heterocycles. The Bertz CT molecular complexity index is 1420. The van der Waals surface area contributed by atoms with Crippen molar-refractivity contribution in [2.24, 2.45) is 0 Å². The summed E-state index contributed by atoms with van der Waals surface area (Å²) in [5.41, 5.74) is -0.321. The van der Waals surface area contributed by atoms with Gasteiger partial charge in [-0.25, -0.2) is 9.59 Å². The van der Waals surface area contributed by atoms with Gasteiger partial charge in [0.15, 0.2) is 0 Å². The van der Waals surface area contributed by atoms with Crippen LogP contribution in [-0.4, -0.2) is 76.1 Å². The highest BCUT2D eigenvalue weighted by Crippen LogP contribution is 2.43. The highest BCUT2D eigenvalue weighted by molar-refractivity contribution is 7.90. The van der Waals surface area contributed by atoms with Crippen LogP contribution in [0.1, 0.15) is 23.2 Å². The zero-order valence-electron chi connectivity index (χ0n) is 21.6. The number of carbonyl (C=O) groups is 2. The van der Waals surface area contributed by atoms with Crippen molar-refractivity contribution in [3.63, 3.8) is 0 Å². The Morgan fingerprint density at radius 2 is 1.88 bits per heavy atom. The van der Waals surface area contributed by atoms with E-state index in [0.717, 1.165) is 11.0 Å². The lowest BCUT2D eigenvalue weighted by Gasteiger charge is -2.41. The zero-order valence-corrected chi connectivity index (χ0v) is 23.2. The van der Waals surface area contributed by atoms with Crippen molar-refractivity contribution >= 4 is 46.3 Å². The molecule has 1 amide bonds. The van der Waals surface area contributed by atoms with Gasteiger partial charge >= 0.3 is 29.6 Å². The maximum Gasteiger partial charge on any atom is 0.491 e. The number of ether oxygens (including phenoxy) is 1. The molecule has 0 aliphatic carbocycles. The number of aromatic nitrogens is 2. The molecular formula is C24H21ClF6N6O4S. The molecule has 42 heavy (non-hydrogen) atoms. The number of amides is 1. The first-order valence-electron chi connectivity index (χ1n) is 12.2. The summed E-state index contributed by atoms with van der Waals surface area (Å²) in [6.45, 7) is -0.380. The van der Waals surface area contributed by atoms with Gasteiger partial charge in [0.1, 0.15) is 12.1 Å². The van der Waals surface area contributed by atoms with Crippen LogP contribution in [0.5, 0.6) is 0 Å². The van der Waals surface area contributed by atoms with E-state index in [2.05, 4.69) is 14.7 Å². The molecule has 0 N–H and O–H groups in total. The number of piperazine rings is 1. The fraction of sp³-hybridized carbons (Fsp3) is 0.458. The number of hydrogen-bond acceptors (Lipinski definition) is 9. The SMILES string of the molecule is C[S+]([O-])c1nc2c(c(N3CCN(C(=O)OC(=O)C(F)(F)F)[C@@H](CC#N)C3)n1)CCN(c1cccc(Cl)c1C(F)(F)F)C2. The summed E-state index contributed by atoms with van der Waals surface area (Å²) in [6, 6.07) is 4.65. The molecule has 226 valence electrons. The zero-order chi connectivity index (χ0) is 31.0. The van der Waals surface area contributed by atoms with E-state index < -0.39 is 52.2 Å². The molecule has 0 saturated carbocycles. The van der Waals surface area contributed by atoms with Crippen LogP contribution in [0.2, 0.25) is 5.02 Å². The van der Waals surface area contributed by atoms with Gasteiger partial charge in [-0.05, 0) is 18.6 Å². The highest BCUT2D eigenvalue weighted by Gasteiger charge is 2.45. The molecule has 1 saturated heterocycles. The summed E-state index contributed by atoms with van der Waals surface area (Å²) in [6.07, 6.45) is -10.5. The van der Waals surface area contributed by atoms with E-state index in [0.29, 0.717) is 11.3 Å². The van der Waals surface area contributed by atoms with Gasteiger partial charge in [0, 0.05) is 42.9 Å². The first-order chi connectivity index (χ1) is 19.6. The van der Waals surface area contributed by atoms with Gasteiger partial charge in [0.2, 0.25) is 0 Å². The van der Waals surface area contributed by atoms with Crippen LogP contribution in [0.15, 0.2) is 23.4 Å². The normalized spacial score (nSPS) is 18.3. The second-order valence-electron chi connectivity index (χ2n) is 9.32. The quantitative estimate of drug-likeness (QED) is 0.160. The minimum atomic E-state index is -5.39. The van der Waals surface area contributed by atoms with Crippen molar-refractivity contribution in [1.29, 1.82) is 5.26 Å². The Labute approximate surface area is 243 Å². The lowest BCUT2D eigenvalue weighted by molar-refractivity contribution is -0.194. The fourth-order valence-corrected chi connectivity index (χ4v) is 5.54. The predicted molar refractivity (Wildman–Crippen MR) is 136 cm³/mol. The molecule has 10 nitrogen and oxygen atoms in total. The first-order valence-corrected chi connectivity index (χ1v) is 14.1. The second kappa shape index (κ2) is 12.0. The lowest BCUT2D eigenvalue weighted by atomic mass is 10.0. The summed E-state index contributed by atoms with van der Waals surface area (Å²) in [4.78, 5) is 36.2. The molecule has 3 heterocycles. The summed E-state index contributed by atoms with van der Waals surface area (Å²) in [5.74, 6) is -2.42. The maximum atomic E-state index is 13.8. The number of hydrogen-bond donors (Lipinski definition) is 0. The molecule has 4 rings (SSSR count). The van der Waals surface area contributed by atoms with Crippen molar-refractivity contribution in [3.8, 4) is 6.07 Å². The molecule has 0 spiro atoms. The summed E-state index contributed by atoms with van der Waals surface area (Å²) in [7, 11) is 0. The Morgan fingerprint density at radius 1 is 1.17 bits per heavy atom. The molecule has 2 aromatic rings. The van der Waals surface area contributed by atoms with E-state index in [9.17, 15) is 45.7 Å². The Balaban J connectivity index is 1.65. The number of fused-ring (bicyclic) bond motifs is 1. The van der Waals surface area contributed by atoms with Crippen LogP contribution in [-0.2, 0) is 39.8 Å². The predicted octanol–water partition coefficient (Wildman–Crippen LogP) is 4.08. The average Bonchev–Trinajstić information content (AvgIpc) is 2.90. The molecule has 0 radical (unpaired) electrons. The number of alkyl halides is 6. The molecule has 2 aliphatic heterocycles.